The van der Waals surface area contributed by atoms with Gasteiger partial charge in [-0.1, -0.05) is 26.7 Å². The van der Waals surface area contributed by atoms with E-state index in [0.717, 1.165) is 24.8 Å². The Kier molecular flexibility index (Phi) is 5.81. The lowest BCUT2D eigenvalue weighted by atomic mass is 9.98. The highest BCUT2D eigenvalue weighted by atomic mass is 16.1. The summed E-state index contributed by atoms with van der Waals surface area (Å²) in [5.74, 6) is 1.72. The van der Waals surface area contributed by atoms with E-state index in [1.54, 1.807) is 0 Å². The molecule has 0 aromatic carbocycles. The minimum absolute atomic E-state index is 0.125. The van der Waals surface area contributed by atoms with E-state index in [9.17, 15) is 4.79 Å². The van der Waals surface area contributed by atoms with E-state index in [1.807, 2.05) is 6.92 Å². The Bertz CT molecular complexity index is 218. The van der Waals surface area contributed by atoms with Crippen LogP contribution in [-0.4, -0.2) is 25.0 Å². The molecule has 3 atom stereocenters. The molecule has 0 aromatic heterocycles. The lowest BCUT2D eigenvalue weighted by molar-refractivity contribution is -0.120. The molecule has 1 fully saturated rings. The summed E-state index contributed by atoms with van der Waals surface area (Å²) >= 11 is 0. The normalized spacial score (nSPS) is 26.7. The molecule has 1 rings (SSSR count). The molecule has 0 saturated heterocycles. The van der Waals surface area contributed by atoms with Crippen molar-refractivity contribution in [1.82, 2.24) is 10.6 Å². The molecule has 2 N–H and O–H groups in total. The topological polar surface area (TPSA) is 41.1 Å². The van der Waals surface area contributed by atoms with Crippen molar-refractivity contribution in [3.8, 4) is 0 Å². The summed E-state index contributed by atoms with van der Waals surface area (Å²) in [4.78, 5) is 11.5. The predicted octanol–water partition coefficient (Wildman–Crippen LogP) is 1.93. The summed E-state index contributed by atoms with van der Waals surface area (Å²) in [6.45, 7) is 7.90. The number of amides is 1. The SMILES string of the molecule is CCC(C)NC(=O)CNCC1CCCC1C. The van der Waals surface area contributed by atoms with Crippen LogP contribution in [0.15, 0.2) is 0 Å². The Morgan fingerprint density at radius 1 is 1.44 bits per heavy atom. The third kappa shape index (κ3) is 4.52. The molecule has 0 heterocycles. The van der Waals surface area contributed by atoms with Gasteiger partial charge in [-0.15, -0.1) is 0 Å². The quantitative estimate of drug-likeness (QED) is 0.726. The lowest BCUT2D eigenvalue weighted by Gasteiger charge is -2.16. The summed E-state index contributed by atoms with van der Waals surface area (Å²) < 4.78 is 0. The van der Waals surface area contributed by atoms with Crippen molar-refractivity contribution in [2.45, 2.75) is 52.5 Å². The average Bonchev–Trinajstić information content (AvgIpc) is 2.64. The van der Waals surface area contributed by atoms with Crippen molar-refractivity contribution in [3.63, 3.8) is 0 Å². The van der Waals surface area contributed by atoms with Crippen LogP contribution in [0.25, 0.3) is 0 Å². The molecule has 1 amide bonds. The maximum Gasteiger partial charge on any atom is 0.234 e. The Hall–Kier alpha value is -0.570. The van der Waals surface area contributed by atoms with E-state index in [0.29, 0.717) is 12.6 Å². The highest BCUT2D eigenvalue weighted by Gasteiger charge is 2.22. The van der Waals surface area contributed by atoms with Crippen LogP contribution in [0.1, 0.15) is 46.5 Å². The molecule has 3 heteroatoms. The number of nitrogens with one attached hydrogen (secondary N) is 2. The number of hydrogen-bond donors (Lipinski definition) is 2. The second kappa shape index (κ2) is 6.89. The zero-order valence-corrected chi connectivity index (χ0v) is 10.9. The van der Waals surface area contributed by atoms with E-state index in [1.165, 1.54) is 19.3 Å². The van der Waals surface area contributed by atoms with Gasteiger partial charge in [-0.2, -0.15) is 0 Å². The van der Waals surface area contributed by atoms with E-state index in [-0.39, 0.29) is 5.91 Å². The molecule has 0 radical (unpaired) electrons. The Labute approximate surface area is 99.4 Å². The van der Waals surface area contributed by atoms with Crippen LogP contribution in [0, 0.1) is 11.8 Å². The standard InChI is InChI=1S/C13H26N2O/c1-4-11(3)15-13(16)9-14-8-12-7-5-6-10(12)2/h10-12,14H,4-9H2,1-3H3,(H,15,16). The second-order valence-corrected chi connectivity index (χ2v) is 5.18. The predicted molar refractivity (Wildman–Crippen MR) is 67.3 cm³/mol. The summed E-state index contributed by atoms with van der Waals surface area (Å²) in [6.07, 6.45) is 5.02. The highest BCUT2D eigenvalue weighted by molar-refractivity contribution is 5.78. The maximum absolute atomic E-state index is 11.5. The van der Waals surface area contributed by atoms with Crippen molar-refractivity contribution >= 4 is 5.91 Å². The molecule has 94 valence electrons. The Morgan fingerprint density at radius 3 is 2.75 bits per heavy atom. The average molecular weight is 226 g/mol. The fourth-order valence-electron chi connectivity index (χ4n) is 2.32. The zero-order chi connectivity index (χ0) is 12.0. The van der Waals surface area contributed by atoms with Gasteiger partial charge in [0, 0.05) is 6.04 Å². The van der Waals surface area contributed by atoms with Gasteiger partial charge in [0.2, 0.25) is 5.91 Å². The second-order valence-electron chi connectivity index (χ2n) is 5.18. The molecule has 1 saturated carbocycles. The molecule has 16 heavy (non-hydrogen) atoms. The lowest BCUT2D eigenvalue weighted by Crippen LogP contribution is -2.40. The van der Waals surface area contributed by atoms with Gasteiger partial charge in [0.15, 0.2) is 0 Å². The summed E-state index contributed by atoms with van der Waals surface area (Å²) in [5.41, 5.74) is 0. The first kappa shape index (κ1) is 13.5. The first-order valence-electron chi connectivity index (χ1n) is 6.63. The van der Waals surface area contributed by atoms with E-state index < -0.39 is 0 Å². The van der Waals surface area contributed by atoms with Gasteiger partial charge in [0.25, 0.3) is 0 Å². The van der Waals surface area contributed by atoms with Gasteiger partial charge in [0.1, 0.15) is 0 Å². The maximum atomic E-state index is 11.5. The molecule has 0 bridgehead atoms. The first-order valence-corrected chi connectivity index (χ1v) is 6.63. The molecule has 0 aliphatic heterocycles. The number of carbonyl (C=O) groups is 1. The number of rotatable bonds is 6. The van der Waals surface area contributed by atoms with Crippen LogP contribution in [0.4, 0.5) is 0 Å². The van der Waals surface area contributed by atoms with Crippen molar-refractivity contribution in [3.05, 3.63) is 0 Å². The van der Waals surface area contributed by atoms with Crippen LogP contribution in [-0.2, 0) is 4.79 Å². The van der Waals surface area contributed by atoms with Gasteiger partial charge in [-0.05, 0) is 38.1 Å². The third-order valence-electron chi connectivity index (χ3n) is 3.75. The number of hydrogen-bond acceptors (Lipinski definition) is 2. The number of carbonyl (C=O) groups excluding carboxylic acids is 1. The minimum atomic E-state index is 0.125. The van der Waals surface area contributed by atoms with Crippen LogP contribution >= 0.6 is 0 Å². The van der Waals surface area contributed by atoms with Crippen molar-refractivity contribution < 1.29 is 4.79 Å². The van der Waals surface area contributed by atoms with Gasteiger partial charge >= 0.3 is 0 Å². The molecule has 3 unspecified atom stereocenters. The van der Waals surface area contributed by atoms with Crippen molar-refractivity contribution in [2.24, 2.45) is 11.8 Å². The summed E-state index contributed by atoms with van der Waals surface area (Å²) in [6, 6.07) is 0.291. The van der Waals surface area contributed by atoms with Gasteiger partial charge in [-0.25, -0.2) is 0 Å². The van der Waals surface area contributed by atoms with Gasteiger partial charge in [0.05, 0.1) is 6.54 Å². The largest absolute Gasteiger partial charge is 0.353 e. The van der Waals surface area contributed by atoms with Crippen LogP contribution in [0.5, 0.6) is 0 Å². The minimum Gasteiger partial charge on any atom is -0.353 e. The smallest absolute Gasteiger partial charge is 0.234 e. The first-order chi connectivity index (χ1) is 7.63. The zero-order valence-electron chi connectivity index (χ0n) is 10.9. The van der Waals surface area contributed by atoms with Crippen molar-refractivity contribution in [2.75, 3.05) is 13.1 Å². The van der Waals surface area contributed by atoms with Gasteiger partial charge < -0.3 is 10.6 Å². The molecular weight excluding hydrogens is 200 g/mol. The van der Waals surface area contributed by atoms with Crippen LogP contribution in [0.2, 0.25) is 0 Å². The highest BCUT2D eigenvalue weighted by Crippen LogP contribution is 2.30. The molecule has 3 nitrogen and oxygen atoms in total. The Balaban J connectivity index is 2.08. The van der Waals surface area contributed by atoms with Crippen molar-refractivity contribution in [1.29, 1.82) is 0 Å². The summed E-state index contributed by atoms with van der Waals surface area (Å²) in [7, 11) is 0. The monoisotopic (exact) mass is 226 g/mol. The van der Waals surface area contributed by atoms with E-state index >= 15 is 0 Å². The fraction of sp³-hybridized carbons (Fsp3) is 0.923. The fourth-order valence-corrected chi connectivity index (χ4v) is 2.32. The molecule has 1 aliphatic rings. The van der Waals surface area contributed by atoms with E-state index in [4.69, 9.17) is 0 Å². The Morgan fingerprint density at radius 2 is 2.19 bits per heavy atom. The third-order valence-corrected chi connectivity index (χ3v) is 3.75. The molecule has 1 aliphatic carbocycles. The molecular formula is C13H26N2O. The van der Waals surface area contributed by atoms with Crippen LogP contribution < -0.4 is 10.6 Å². The molecule has 0 spiro atoms. The molecule has 0 aromatic rings. The summed E-state index contributed by atoms with van der Waals surface area (Å²) in [5, 5.41) is 6.24. The van der Waals surface area contributed by atoms with E-state index in [2.05, 4.69) is 24.5 Å². The van der Waals surface area contributed by atoms with Gasteiger partial charge in [-0.3, -0.25) is 4.79 Å². The van der Waals surface area contributed by atoms with Crippen LogP contribution in [0.3, 0.4) is 0 Å².